The summed E-state index contributed by atoms with van der Waals surface area (Å²) < 4.78 is 0. The second-order valence-corrected chi connectivity index (χ2v) is 5.49. The summed E-state index contributed by atoms with van der Waals surface area (Å²) in [5.74, 6) is 0.337. The van der Waals surface area contributed by atoms with Gasteiger partial charge in [0.15, 0.2) is 0 Å². The fourth-order valence-electron chi connectivity index (χ4n) is 2.26. The van der Waals surface area contributed by atoms with Crippen LogP contribution in [0, 0.1) is 0 Å². The highest BCUT2D eigenvalue weighted by Gasteiger charge is 2.23. The summed E-state index contributed by atoms with van der Waals surface area (Å²) in [6.45, 7) is 5.20. The Bertz CT molecular complexity index is 223. The van der Waals surface area contributed by atoms with E-state index < -0.39 is 0 Å². The SMILES string of the molecule is CC1CN(C)CCCN1C(=O)CCCCBr. The molecule has 1 aliphatic heterocycles. The lowest BCUT2D eigenvalue weighted by molar-refractivity contribution is -0.133. The summed E-state index contributed by atoms with van der Waals surface area (Å²) >= 11 is 3.40. The van der Waals surface area contributed by atoms with Crippen molar-refractivity contribution in [2.45, 2.75) is 38.6 Å². The number of carbonyl (C=O) groups is 1. The van der Waals surface area contributed by atoms with Gasteiger partial charge >= 0.3 is 0 Å². The average Bonchev–Trinajstić information content (AvgIpc) is 2.39. The molecule has 1 unspecified atom stereocenters. The first-order chi connectivity index (χ1) is 7.65. The quantitative estimate of drug-likeness (QED) is 0.585. The summed E-state index contributed by atoms with van der Waals surface area (Å²) in [4.78, 5) is 16.4. The van der Waals surface area contributed by atoms with Gasteiger partial charge in [0.1, 0.15) is 0 Å². The second-order valence-electron chi connectivity index (χ2n) is 4.70. The Morgan fingerprint density at radius 2 is 2.12 bits per heavy atom. The lowest BCUT2D eigenvalue weighted by atomic mass is 10.2. The molecule has 0 N–H and O–H groups in total. The third-order valence-electron chi connectivity index (χ3n) is 3.14. The third-order valence-corrected chi connectivity index (χ3v) is 3.70. The Kier molecular flexibility index (Phi) is 6.36. The molecule has 1 heterocycles. The molecule has 0 bridgehead atoms. The van der Waals surface area contributed by atoms with Gasteiger partial charge in [-0.2, -0.15) is 0 Å². The Hall–Kier alpha value is -0.0900. The molecule has 1 aliphatic rings. The van der Waals surface area contributed by atoms with Gasteiger partial charge in [-0.1, -0.05) is 15.9 Å². The minimum Gasteiger partial charge on any atom is -0.339 e. The van der Waals surface area contributed by atoms with Crippen molar-refractivity contribution in [1.29, 1.82) is 0 Å². The molecule has 0 radical (unpaired) electrons. The van der Waals surface area contributed by atoms with Gasteiger partial charge in [-0.05, 0) is 39.8 Å². The van der Waals surface area contributed by atoms with Gasteiger partial charge in [0.25, 0.3) is 0 Å². The molecule has 1 rings (SSSR count). The molecule has 0 aromatic rings. The molecule has 0 spiro atoms. The highest BCUT2D eigenvalue weighted by atomic mass is 79.9. The maximum absolute atomic E-state index is 12.0. The zero-order valence-corrected chi connectivity index (χ0v) is 12.0. The van der Waals surface area contributed by atoms with Crippen molar-refractivity contribution in [2.24, 2.45) is 0 Å². The van der Waals surface area contributed by atoms with E-state index in [1.165, 1.54) is 0 Å². The van der Waals surface area contributed by atoms with Crippen LogP contribution in [0.5, 0.6) is 0 Å². The summed E-state index contributed by atoms with van der Waals surface area (Å²) in [6.07, 6.45) is 3.90. The molecular formula is C12H23BrN2O. The Labute approximate surface area is 107 Å². The van der Waals surface area contributed by atoms with Crippen LogP contribution in [0.2, 0.25) is 0 Å². The van der Waals surface area contributed by atoms with Crippen molar-refractivity contribution in [3.63, 3.8) is 0 Å². The highest BCUT2D eigenvalue weighted by molar-refractivity contribution is 9.09. The summed E-state index contributed by atoms with van der Waals surface area (Å²) in [6, 6.07) is 0.365. The number of alkyl halides is 1. The predicted octanol–water partition coefficient (Wildman–Crippen LogP) is 2.10. The molecule has 94 valence electrons. The molecule has 0 saturated carbocycles. The fourth-order valence-corrected chi connectivity index (χ4v) is 2.65. The van der Waals surface area contributed by atoms with E-state index in [0.29, 0.717) is 18.4 Å². The Balaban J connectivity index is 2.40. The first-order valence-electron chi connectivity index (χ1n) is 6.19. The summed E-state index contributed by atoms with van der Waals surface area (Å²) in [7, 11) is 2.13. The minimum absolute atomic E-state index is 0.337. The van der Waals surface area contributed by atoms with E-state index in [-0.39, 0.29) is 0 Å². The summed E-state index contributed by atoms with van der Waals surface area (Å²) in [5.41, 5.74) is 0. The number of rotatable bonds is 4. The van der Waals surface area contributed by atoms with E-state index in [4.69, 9.17) is 0 Å². The van der Waals surface area contributed by atoms with E-state index in [9.17, 15) is 4.79 Å². The van der Waals surface area contributed by atoms with E-state index in [1.807, 2.05) is 0 Å². The van der Waals surface area contributed by atoms with Crippen LogP contribution in [-0.2, 0) is 4.79 Å². The van der Waals surface area contributed by atoms with Gasteiger partial charge in [-0.25, -0.2) is 0 Å². The number of halogens is 1. The molecule has 0 aromatic heterocycles. The first-order valence-corrected chi connectivity index (χ1v) is 7.31. The van der Waals surface area contributed by atoms with Gasteiger partial charge in [-0.15, -0.1) is 0 Å². The average molecular weight is 291 g/mol. The van der Waals surface area contributed by atoms with Gasteiger partial charge in [0.2, 0.25) is 5.91 Å². The topological polar surface area (TPSA) is 23.6 Å². The number of hydrogen-bond acceptors (Lipinski definition) is 2. The number of hydrogen-bond donors (Lipinski definition) is 0. The first kappa shape index (κ1) is 14.0. The van der Waals surface area contributed by atoms with Crippen molar-refractivity contribution in [1.82, 2.24) is 9.80 Å². The van der Waals surface area contributed by atoms with Crippen LogP contribution in [0.4, 0.5) is 0 Å². The normalized spacial score (nSPS) is 23.2. The van der Waals surface area contributed by atoms with Crippen LogP contribution in [0.15, 0.2) is 0 Å². The lowest BCUT2D eigenvalue weighted by Crippen LogP contribution is -2.41. The largest absolute Gasteiger partial charge is 0.339 e. The molecular weight excluding hydrogens is 268 g/mol. The number of nitrogens with zero attached hydrogens (tertiary/aromatic N) is 2. The smallest absolute Gasteiger partial charge is 0.222 e. The van der Waals surface area contributed by atoms with Crippen molar-refractivity contribution < 1.29 is 4.79 Å². The molecule has 1 amide bonds. The van der Waals surface area contributed by atoms with Crippen molar-refractivity contribution in [3.8, 4) is 0 Å². The number of likely N-dealkylation sites (N-methyl/N-ethyl adjacent to an activating group) is 1. The molecule has 3 nitrogen and oxygen atoms in total. The minimum atomic E-state index is 0.337. The number of amides is 1. The predicted molar refractivity (Wildman–Crippen MR) is 70.9 cm³/mol. The van der Waals surface area contributed by atoms with Crippen molar-refractivity contribution in [3.05, 3.63) is 0 Å². The molecule has 4 heteroatoms. The van der Waals surface area contributed by atoms with Crippen LogP contribution in [0.25, 0.3) is 0 Å². The lowest BCUT2D eigenvalue weighted by Gasteiger charge is -2.28. The maximum Gasteiger partial charge on any atom is 0.222 e. The van der Waals surface area contributed by atoms with Crippen molar-refractivity contribution >= 4 is 21.8 Å². The Morgan fingerprint density at radius 1 is 1.38 bits per heavy atom. The van der Waals surface area contributed by atoms with Gasteiger partial charge < -0.3 is 9.80 Å². The monoisotopic (exact) mass is 290 g/mol. The van der Waals surface area contributed by atoms with E-state index in [1.54, 1.807) is 0 Å². The molecule has 1 saturated heterocycles. The highest BCUT2D eigenvalue weighted by Crippen LogP contribution is 2.11. The maximum atomic E-state index is 12.0. The van der Waals surface area contributed by atoms with E-state index in [0.717, 1.165) is 44.2 Å². The molecule has 16 heavy (non-hydrogen) atoms. The van der Waals surface area contributed by atoms with Gasteiger partial charge in [-0.3, -0.25) is 4.79 Å². The van der Waals surface area contributed by atoms with Crippen LogP contribution >= 0.6 is 15.9 Å². The zero-order chi connectivity index (χ0) is 12.0. The van der Waals surface area contributed by atoms with Crippen LogP contribution < -0.4 is 0 Å². The van der Waals surface area contributed by atoms with E-state index in [2.05, 4.69) is 39.7 Å². The Morgan fingerprint density at radius 3 is 2.81 bits per heavy atom. The summed E-state index contributed by atoms with van der Waals surface area (Å²) in [5, 5.41) is 0.999. The zero-order valence-electron chi connectivity index (χ0n) is 10.4. The van der Waals surface area contributed by atoms with E-state index >= 15 is 0 Å². The molecule has 0 aromatic carbocycles. The molecule has 0 aliphatic carbocycles. The van der Waals surface area contributed by atoms with Gasteiger partial charge in [0.05, 0.1) is 0 Å². The van der Waals surface area contributed by atoms with Crippen LogP contribution in [-0.4, -0.2) is 53.8 Å². The molecule has 1 atom stereocenters. The van der Waals surface area contributed by atoms with Crippen molar-refractivity contribution in [2.75, 3.05) is 32.0 Å². The standard InChI is InChI=1S/C12H23BrN2O/c1-11-10-14(2)8-5-9-15(11)12(16)6-3-4-7-13/h11H,3-10H2,1-2H3. The second kappa shape index (κ2) is 7.28. The van der Waals surface area contributed by atoms with Crippen LogP contribution in [0.3, 0.4) is 0 Å². The number of unbranched alkanes of at least 4 members (excludes halogenated alkanes) is 1. The molecule has 1 fully saturated rings. The van der Waals surface area contributed by atoms with Crippen LogP contribution in [0.1, 0.15) is 32.6 Å². The van der Waals surface area contributed by atoms with Gasteiger partial charge in [0, 0.05) is 30.9 Å². The fraction of sp³-hybridized carbons (Fsp3) is 0.917. The third kappa shape index (κ3) is 4.42. The number of carbonyl (C=O) groups excluding carboxylic acids is 1.